The molecule has 0 radical (unpaired) electrons. The van der Waals surface area contributed by atoms with Crippen LogP contribution in [0.1, 0.15) is 25.6 Å². The van der Waals surface area contributed by atoms with E-state index in [2.05, 4.69) is 4.98 Å². The van der Waals surface area contributed by atoms with Gasteiger partial charge in [-0.2, -0.15) is 0 Å². The molecule has 0 saturated heterocycles. The molecule has 0 bridgehead atoms. The van der Waals surface area contributed by atoms with Crippen LogP contribution in [0.2, 0.25) is 0 Å². The van der Waals surface area contributed by atoms with Crippen LogP contribution in [0, 0.1) is 5.92 Å². The topological polar surface area (TPSA) is 88.7 Å². The zero-order valence-corrected chi connectivity index (χ0v) is 10.1. The van der Waals surface area contributed by atoms with Crippen molar-refractivity contribution in [1.82, 2.24) is 9.99 Å². The summed E-state index contributed by atoms with van der Waals surface area (Å²) in [6, 6.07) is 4.69. The summed E-state index contributed by atoms with van der Waals surface area (Å²) in [5, 5.41) is 9.70. The van der Waals surface area contributed by atoms with Gasteiger partial charge in [0.1, 0.15) is 0 Å². The van der Waals surface area contributed by atoms with Crippen molar-refractivity contribution in [2.75, 3.05) is 7.11 Å². The Morgan fingerprint density at radius 1 is 1.53 bits per heavy atom. The Balaban J connectivity index is 3.09. The van der Waals surface area contributed by atoms with Gasteiger partial charge in [0.2, 0.25) is 5.88 Å². The number of nitrogens with zero attached hydrogens (tertiary/aromatic N) is 2. The first-order chi connectivity index (χ1) is 7.97. The summed E-state index contributed by atoms with van der Waals surface area (Å²) in [5.41, 5.74) is 0.573. The summed E-state index contributed by atoms with van der Waals surface area (Å²) in [5.74, 6) is 5.99. The van der Waals surface area contributed by atoms with Crippen molar-refractivity contribution >= 4 is 6.09 Å². The summed E-state index contributed by atoms with van der Waals surface area (Å²) >= 11 is 0. The molecule has 1 rings (SSSR count). The molecule has 94 valence electrons. The zero-order chi connectivity index (χ0) is 13.0. The van der Waals surface area contributed by atoms with Crippen LogP contribution in [0.4, 0.5) is 4.79 Å². The number of carboxylic acid groups (broad SMARTS) is 1. The summed E-state index contributed by atoms with van der Waals surface area (Å²) in [6.45, 7) is 3.77. The van der Waals surface area contributed by atoms with Gasteiger partial charge < -0.3 is 9.84 Å². The minimum Gasteiger partial charge on any atom is -0.481 e. The number of hydrogen-bond acceptors (Lipinski definition) is 4. The average Bonchev–Trinajstić information content (AvgIpc) is 2.28. The van der Waals surface area contributed by atoms with Crippen molar-refractivity contribution in [2.45, 2.75) is 19.9 Å². The highest BCUT2D eigenvalue weighted by Gasteiger charge is 2.26. The molecule has 0 fully saturated rings. The maximum absolute atomic E-state index is 10.9. The van der Waals surface area contributed by atoms with Crippen molar-refractivity contribution in [3.63, 3.8) is 0 Å². The lowest BCUT2D eigenvalue weighted by atomic mass is 10.00. The van der Waals surface area contributed by atoms with Gasteiger partial charge in [0, 0.05) is 6.07 Å². The van der Waals surface area contributed by atoms with Crippen LogP contribution in [0.3, 0.4) is 0 Å². The number of rotatable bonds is 4. The predicted molar refractivity (Wildman–Crippen MR) is 62.4 cm³/mol. The molecule has 6 nitrogen and oxygen atoms in total. The van der Waals surface area contributed by atoms with Crippen molar-refractivity contribution < 1.29 is 14.6 Å². The highest BCUT2D eigenvalue weighted by Crippen LogP contribution is 2.26. The first kappa shape index (κ1) is 13.2. The molecular weight excluding hydrogens is 222 g/mol. The van der Waals surface area contributed by atoms with Crippen LogP contribution < -0.4 is 10.6 Å². The minimum absolute atomic E-state index is 0.00991. The molecule has 17 heavy (non-hydrogen) atoms. The minimum atomic E-state index is -1.19. The molecule has 0 aliphatic rings. The Morgan fingerprint density at radius 3 is 2.65 bits per heavy atom. The van der Waals surface area contributed by atoms with E-state index in [0.717, 1.165) is 5.01 Å². The van der Waals surface area contributed by atoms with Crippen molar-refractivity contribution in [3.8, 4) is 5.88 Å². The normalized spacial score (nSPS) is 12.3. The summed E-state index contributed by atoms with van der Waals surface area (Å²) < 4.78 is 5.01. The Morgan fingerprint density at radius 2 is 2.18 bits per heavy atom. The van der Waals surface area contributed by atoms with Crippen LogP contribution in [-0.4, -0.2) is 28.3 Å². The molecule has 1 aromatic heterocycles. The highest BCUT2D eigenvalue weighted by molar-refractivity contribution is 5.64. The quantitative estimate of drug-likeness (QED) is 0.473. The zero-order valence-electron chi connectivity index (χ0n) is 10.1. The first-order valence-electron chi connectivity index (χ1n) is 5.25. The molecule has 0 spiro atoms. The first-order valence-corrected chi connectivity index (χ1v) is 5.25. The van der Waals surface area contributed by atoms with Gasteiger partial charge in [0.25, 0.3) is 0 Å². The monoisotopic (exact) mass is 239 g/mol. The molecule has 1 unspecified atom stereocenters. The number of pyridine rings is 1. The van der Waals surface area contributed by atoms with Crippen molar-refractivity contribution in [1.29, 1.82) is 0 Å². The van der Waals surface area contributed by atoms with E-state index >= 15 is 0 Å². The van der Waals surface area contributed by atoms with Crippen LogP contribution in [0.15, 0.2) is 18.2 Å². The van der Waals surface area contributed by atoms with E-state index in [1.165, 1.54) is 7.11 Å². The van der Waals surface area contributed by atoms with Gasteiger partial charge in [-0.1, -0.05) is 19.9 Å². The van der Waals surface area contributed by atoms with Crippen LogP contribution >= 0.6 is 0 Å². The van der Waals surface area contributed by atoms with Gasteiger partial charge in [-0.25, -0.2) is 20.6 Å². The van der Waals surface area contributed by atoms with E-state index < -0.39 is 12.1 Å². The fraction of sp³-hybridized carbons (Fsp3) is 0.455. The highest BCUT2D eigenvalue weighted by atomic mass is 16.5. The molecule has 1 amide bonds. The van der Waals surface area contributed by atoms with Crippen LogP contribution in [0.5, 0.6) is 5.88 Å². The Bertz CT molecular complexity index is 395. The number of carbonyl (C=O) groups is 1. The van der Waals surface area contributed by atoms with E-state index in [0.29, 0.717) is 11.6 Å². The Kier molecular flexibility index (Phi) is 4.28. The van der Waals surface area contributed by atoms with Gasteiger partial charge >= 0.3 is 6.09 Å². The molecule has 0 aromatic carbocycles. The van der Waals surface area contributed by atoms with Gasteiger partial charge in [-0.3, -0.25) is 0 Å². The number of amides is 1. The summed E-state index contributed by atoms with van der Waals surface area (Å²) in [6.07, 6.45) is -1.19. The average molecular weight is 239 g/mol. The second-order valence-electron chi connectivity index (χ2n) is 3.98. The molecule has 1 heterocycles. The number of hydrogen-bond donors (Lipinski definition) is 2. The number of nitrogens with two attached hydrogens (primary N) is 1. The third-order valence-corrected chi connectivity index (χ3v) is 2.41. The van der Waals surface area contributed by atoms with Gasteiger partial charge in [-0.15, -0.1) is 0 Å². The van der Waals surface area contributed by atoms with E-state index in [1.807, 2.05) is 13.8 Å². The van der Waals surface area contributed by atoms with Gasteiger partial charge in [0.15, 0.2) is 0 Å². The van der Waals surface area contributed by atoms with E-state index in [1.54, 1.807) is 18.2 Å². The summed E-state index contributed by atoms with van der Waals surface area (Å²) in [7, 11) is 1.51. The van der Waals surface area contributed by atoms with Gasteiger partial charge in [0.05, 0.1) is 18.8 Å². The lowest BCUT2D eigenvalue weighted by molar-refractivity contribution is 0.108. The molecule has 3 N–H and O–H groups in total. The molecule has 0 saturated carbocycles. The second-order valence-corrected chi connectivity index (χ2v) is 3.98. The second kappa shape index (κ2) is 5.49. The maximum atomic E-state index is 10.9. The molecule has 0 aliphatic heterocycles. The Hall–Kier alpha value is -1.82. The lowest BCUT2D eigenvalue weighted by Gasteiger charge is -2.27. The maximum Gasteiger partial charge on any atom is 0.422 e. The Labute approximate surface area is 100.0 Å². The number of ether oxygens (including phenoxy) is 1. The number of methoxy groups -OCH3 is 1. The third-order valence-electron chi connectivity index (χ3n) is 2.41. The van der Waals surface area contributed by atoms with Crippen LogP contribution in [-0.2, 0) is 0 Å². The summed E-state index contributed by atoms with van der Waals surface area (Å²) in [4.78, 5) is 15.1. The largest absolute Gasteiger partial charge is 0.481 e. The lowest BCUT2D eigenvalue weighted by Crippen LogP contribution is -2.42. The number of aromatic nitrogens is 1. The smallest absolute Gasteiger partial charge is 0.422 e. The third kappa shape index (κ3) is 3.07. The standard InChI is InChI=1S/C11H17N3O3/c1-7(2)10(14(12)11(15)16)8-5-4-6-9(13-8)17-3/h4-7,10H,12H2,1-3H3,(H,15,16). The van der Waals surface area contributed by atoms with E-state index in [9.17, 15) is 4.79 Å². The number of hydrazine groups is 1. The van der Waals surface area contributed by atoms with Gasteiger partial charge in [-0.05, 0) is 12.0 Å². The fourth-order valence-corrected chi connectivity index (χ4v) is 1.63. The fourth-order valence-electron chi connectivity index (χ4n) is 1.63. The molecule has 1 atom stereocenters. The van der Waals surface area contributed by atoms with Crippen molar-refractivity contribution in [2.24, 2.45) is 11.8 Å². The van der Waals surface area contributed by atoms with Crippen LogP contribution in [0.25, 0.3) is 0 Å². The molecular formula is C11H17N3O3. The molecule has 0 aliphatic carbocycles. The van der Waals surface area contributed by atoms with E-state index in [4.69, 9.17) is 15.7 Å². The van der Waals surface area contributed by atoms with Crippen molar-refractivity contribution in [3.05, 3.63) is 23.9 Å². The molecule has 1 aromatic rings. The molecule has 6 heteroatoms. The SMILES string of the molecule is COc1cccc(C(C(C)C)N(N)C(=O)O)n1. The van der Waals surface area contributed by atoms with E-state index in [-0.39, 0.29) is 5.92 Å². The predicted octanol–water partition coefficient (Wildman–Crippen LogP) is 1.64.